The summed E-state index contributed by atoms with van der Waals surface area (Å²) in [5.41, 5.74) is 8.36. The molecular formula is C25H28N2O. The van der Waals surface area contributed by atoms with Gasteiger partial charge in [-0.2, -0.15) is 0 Å². The van der Waals surface area contributed by atoms with Gasteiger partial charge < -0.3 is 9.88 Å². The molecule has 3 nitrogen and oxygen atoms in total. The molecular weight excluding hydrogens is 344 g/mol. The van der Waals surface area contributed by atoms with E-state index in [1.807, 2.05) is 24.3 Å². The minimum atomic E-state index is -0.0341. The first-order valence-corrected chi connectivity index (χ1v) is 10.2. The molecule has 4 rings (SSSR count). The molecule has 1 atom stereocenters. The number of amides is 1. The summed E-state index contributed by atoms with van der Waals surface area (Å²) in [6.45, 7) is 7.11. The number of aromatic nitrogens is 1. The molecule has 1 N–H and O–H groups in total. The maximum absolute atomic E-state index is 12.5. The third-order valence-corrected chi connectivity index (χ3v) is 5.74. The average molecular weight is 373 g/mol. The molecule has 3 aromatic rings. The first-order valence-electron chi connectivity index (χ1n) is 10.2. The molecule has 0 aliphatic heterocycles. The number of rotatable bonds is 4. The first kappa shape index (κ1) is 18.5. The predicted molar refractivity (Wildman–Crippen MR) is 114 cm³/mol. The molecule has 0 saturated carbocycles. The van der Waals surface area contributed by atoms with Crippen LogP contribution in [0.4, 0.5) is 0 Å². The molecule has 1 heterocycles. The maximum atomic E-state index is 12.5. The highest BCUT2D eigenvalue weighted by atomic mass is 16.1. The number of hydrogen-bond acceptors (Lipinski definition) is 1. The summed E-state index contributed by atoms with van der Waals surface area (Å²) >= 11 is 0. The summed E-state index contributed by atoms with van der Waals surface area (Å²) in [7, 11) is 0. The highest BCUT2D eigenvalue weighted by Gasteiger charge is 2.21. The van der Waals surface area contributed by atoms with Gasteiger partial charge in [-0.25, -0.2) is 0 Å². The third kappa shape index (κ3) is 3.75. The van der Waals surface area contributed by atoms with Crippen molar-refractivity contribution in [1.29, 1.82) is 0 Å². The van der Waals surface area contributed by atoms with E-state index in [-0.39, 0.29) is 5.91 Å². The number of carbonyl (C=O) groups is 1. The van der Waals surface area contributed by atoms with Gasteiger partial charge in [0, 0.05) is 29.2 Å². The minimum Gasteiger partial charge on any atom is -0.348 e. The standard InChI is InChI=1S/C25H28N2O/c1-17-5-4-6-20(13-17)16-26-25(28)21-8-10-23(11-9-21)27-19(3)15-22-14-18(2)7-12-24(22)27/h4-6,8-11,13,15,18H,7,12,14,16H2,1-3H3,(H,26,28). The summed E-state index contributed by atoms with van der Waals surface area (Å²) in [6.07, 6.45) is 3.54. The van der Waals surface area contributed by atoms with Crippen LogP contribution in [0.3, 0.4) is 0 Å². The smallest absolute Gasteiger partial charge is 0.251 e. The second-order valence-electron chi connectivity index (χ2n) is 8.16. The Labute approximate surface area is 167 Å². The Morgan fingerprint density at radius 2 is 1.89 bits per heavy atom. The highest BCUT2D eigenvalue weighted by Crippen LogP contribution is 2.30. The van der Waals surface area contributed by atoms with Crippen molar-refractivity contribution in [3.05, 3.63) is 88.2 Å². The van der Waals surface area contributed by atoms with Crippen LogP contribution in [0.15, 0.2) is 54.6 Å². The van der Waals surface area contributed by atoms with Crippen LogP contribution in [0.2, 0.25) is 0 Å². The van der Waals surface area contributed by atoms with E-state index in [0.717, 1.165) is 23.6 Å². The molecule has 0 fully saturated rings. The van der Waals surface area contributed by atoms with Crippen molar-refractivity contribution in [2.24, 2.45) is 5.92 Å². The van der Waals surface area contributed by atoms with Crippen LogP contribution in [0.25, 0.3) is 5.69 Å². The second-order valence-corrected chi connectivity index (χ2v) is 8.16. The van der Waals surface area contributed by atoms with Gasteiger partial charge in [-0.05, 0) is 80.5 Å². The van der Waals surface area contributed by atoms with E-state index in [1.165, 1.54) is 35.4 Å². The first-order chi connectivity index (χ1) is 13.5. The Morgan fingerprint density at radius 3 is 2.64 bits per heavy atom. The molecule has 0 bridgehead atoms. The Kier molecular flexibility index (Phi) is 5.08. The fourth-order valence-corrected chi connectivity index (χ4v) is 4.29. The van der Waals surface area contributed by atoms with E-state index in [9.17, 15) is 4.79 Å². The van der Waals surface area contributed by atoms with Crippen LogP contribution in [0.5, 0.6) is 0 Å². The molecule has 0 radical (unpaired) electrons. The average Bonchev–Trinajstić information content (AvgIpc) is 3.01. The number of nitrogens with zero attached hydrogens (tertiary/aromatic N) is 1. The lowest BCUT2D eigenvalue weighted by molar-refractivity contribution is 0.0951. The van der Waals surface area contributed by atoms with Crippen molar-refractivity contribution in [3.8, 4) is 5.69 Å². The van der Waals surface area contributed by atoms with Gasteiger partial charge in [-0.15, -0.1) is 0 Å². The topological polar surface area (TPSA) is 34.0 Å². The summed E-state index contributed by atoms with van der Waals surface area (Å²) in [5, 5.41) is 3.02. The van der Waals surface area contributed by atoms with Crippen molar-refractivity contribution in [1.82, 2.24) is 9.88 Å². The lowest BCUT2D eigenvalue weighted by atomic mass is 9.89. The fraction of sp³-hybridized carbons (Fsp3) is 0.320. The van der Waals surface area contributed by atoms with Crippen LogP contribution in [-0.2, 0) is 19.4 Å². The van der Waals surface area contributed by atoms with Gasteiger partial charge in [-0.3, -0.25) is 4.79 Å². The van der Waals surface area contributed by atoms with E-state index < -0.39 is 0 Å². The molecule has 1 aliphatic carbocycles. The molecule has 2 aromatic carbocycles. The molecule has 1 amide bonds. The quantitative estimate of drug-likeness (QED) is 0.675. The van der Waals surface area contributed by atoms with Crippen molar-refractivity contribution >= 4 is 5.91 Å². The number of nitrogens with one attached hydrogen (secondary N) is 1. The van der Waals surface area contributed by atoms with Crippen molar-refractivity contribution < 1.29 is 4.79 Å². The lowest BCUT2D eigenvalue weighted by Gasteiger charge is -2.21. The summed E-state index contributed by atoms with van der Waals surface area (Å²) in [4.78, 5) is 12.5. The van der Waals surface area contributed by atoms with Gasteiger partial charge >= 0.3 is 0 Å². The van der Waals surface area contributed by atoms with Gasteiger partial charge in [-0.1, -0.05) is 36.8 Å². The van der Waals surface area contributed by atoms with Crippen LogP contribution in [-0.4, -0.2) is 10.5 Å². The zero-order valence-corrected chi connectivity index (χ0v) is 17.0. The van der Waals surface area contributed by atoms with Crippen molar-refractivity contribution in [2.45, 2.75) is 46.6 Å². The Hall–Kier alpha value is -2.81. The van der Waals surface area contributed by atoms with E-state index in [4.69, 9.17) is 0 Å². The molecule has 0 spiro atoms. The lowest BCUT2D eigenvalue weighted by Crippen LogP contribution is -2.22. The van der Waals surface area contributed by atoms with E-state index in [0.29, 0.717) is 12.1 Å². The van der Waals surface area contributed by atoms with Crippen molar-refractivity contribution in [3.63, 3.8) is 0 Å². The van der Waals surface area contributed by atoms with Crippen molar-refractivity contribution in [2.75, 3.05) is 0 Å². The normalized spacial score (nSPS) is 15.9. The molecule has 1 aliphatic rings. The number of hydrogen-bond donors (Lipinski definition) is 1. The summed E-state index contributed by atoms with van der Waals surface area (Å²) < 4.78 is 2.36. The summed E-state index contributed by atoms with van der Waals surface area (Å²) in [5.74, 6) is 0.732. The number of aryl methyl sites for hydroxylation is 2. The summed E-state index contributed by atoms with van der Waals surface area (Å²) in [6, 6.07) is 18.5. The third-order valence-electron chi connectivity index (χ3n) is 5.74. The molecule has 0 saturated heterocycles. The van der Waals surface area contributed by atoms with E-state index in [1.54, 1.807) is 0 Å². The molecule has 1 unspecified atom stereocenters. The number of carbonyl (C=O) groups excluding carboxylic acids is 1. The monoisotopic (exact) mass is 372 g/mol. The second kappa shape index (κ2) is 7.67. The van der Waals surface area contributed by atoms with Gasteiger partial charge in [0.15, 0.2) is 0 Å². The van der Waals surface area contributed by atoms with E-state index in [2.05, 4.69) is 61.0 Å². The SMILES string of the molecule is Cc1cccc(CNC(=O)c2ccc(-n3c(C)cc4c3CCC(C)C4)cc2)c1. The Morgan fingerprint density at radius 1 is 1.11 bits per heavy atom. The van der Waals surface area contributed by atoms with Crippen LogP contribution in [0.1, 0.15) is 51.8 Å². The van der Waals surface area contributed by atoms with Crippen LogP contribution >= 0.6 is 0 Å². The molecule has 1 aromatic heterocycles. The minimum absolute atomic E-state index is 0.0341. The fourth-order valence-electron chi connectivity index (χ4n) is 4.29. The molecule has 28 heavy (non-hydrogen) atoms. The predicted octanol–water partition coefficient (Wildman–Crippen LogP) is 5.15. The van der Waals surface area contributed by atoms with Crippen LogP contribution in [0, 0.1) is 19.8 Å². The Bertz CT molecular complexity index is 998. The zero-order chi connectivity index (χ0) is 19.7. The van der Waals surface area contributed by atoms with Crippen LogP contribution < -0.4 is 5.32 Å². The zero-order valence-electron chi connectivity index (χ0n) is 17.0. The largest absolute Gasteiger partial charge is 0.348 e. The molecule has 144 valence electrons. The highest BCUT2D eigenvalue weighted by molar-refractivity contribution is 5.94. The van der Waals surface area contributed by atoms with Gasteiger partial charge in [0.2, 0.25) is 0 Å². The molecule has 3 heteroatoms. The van der Waals surface area contributed by atoms with Gasteiger partial charge in [0.1, 0.15) is 0 Å². The number of fused-ring (bicyclic) bond motifs is 1. The van der Waals surface area contributed by atoms with E-state index >= 15 is 0 Å². The van der Waals surface area contributed by atoms with Gasteiger partial charge in [0.05, 0.1) is 0 Å². The maximum Gasteiger partial charge on any atom is 0.251 e. The number of benzene rings is 2. The Balaban J connectivity index is 1.49. The van der Waals surface area contributed by atoms with Gasteiger partial charge in [0.25, 0.3) is 5.91 Å².